The first-order valence-corrected chi connectivity index (χ1v) is 34.7. The zero-order valence-electron chi connectivity index (χ0n) is 53.5. The molecule has 0 fully saturated rings. The highest BCUT2D eigenvalue weighted by molar-refractivity contribution is 5.71. The van der Waals surface area contributed by atoms with Crippen LogP contribution in [0, 0.1) is 0 Å². The zero-order chi connectivity index (χ0) is 58.5. The molecule has 0 heterocycles. The van der Waals surface area contributed by atoms with E-state index in [0.29, 0.717) is 19.3 Å². The molecule has 1 atom stereocenters. The van der Waals surface area contributed by atoms with Crippen molar-refractivity contribution in [3.05, 3.63) is 97.2 Å². The van der Waals surface area contributed by atoms with E-state index < -0.39 is 6.10 Å². The SMILES string of the molecule is CC/C=C\C/C=C\C/C=C\C/C=C\CCCCCCC(=O)OC(COC(=O)CCCCCCC/C=C\CCCCCCCC)COC(=O)CCCCCCCCCCCCCCCCCC/C=C\C/C=C\C/C=C\CCCCCCC. The highest BCUT2D eigenvalue weighted by atomic mass is 16.6. The van der Waals surface area contributed by atoms with Crippen LogP contribution in [0.15, 0.2) is 97.2 Å². The first kappa shape index (κ1) is 77.3. The third-order valence-corrected chi connectivity index (χ3v) is 15.0. The Labute approximate surface area is 502 Å². The van der Waals surface area contributed by atoms with Crippen molar-refractivity contribution in [1.82, 2.24) is 0 Å². The molecule has 0 saturated heterocycles. The summed E-state index contributed by atoms with van der Waals surface area (Å²) in [6.45, 7) is 6.52. The fraction of sp³-hybridized carbons (Fsp3) is 0.747. The van der Waals surface area contributed by atoms with Crippen molar-refractivity contribution < 1.29 is 28.6 Å². The van der Waals surface area contributed by atoms with Gasteiger partial charge in [0.2, 0.25) is 0 Å². The van der Waals surface area contributed by atoms with Crippen molar-refractivity contribution in [2.75, 3.05) is 13.2 Å². The number of hydrogen-bond acceptors (Lipinski definition) is 6. The fourth-order valence-electron chi connectivity index (χ4n) is 9.85. The zero-order valence-corrected chi connectivity index (χ0v) is 53.5. The number of rotatable bonds is 63. The number of carbonyl (C=O) groups is 3. The molecule has 0 amide bonds. The van der Waals surface area contributed by atoms with Crippen LogP contribution in [0.5, 0.6) is 0 Å². The topological polar surface area (TPSA) is 78.9 Å². The van der Waals surface area contributed by atoms with Gasteiger partial charge in [-0.1, -0.05) is 298 Å². The number of allylic oxidation sites excluding steroid dienone is 16. The van der Waals surface area contributed by atoms with E-state index in [1.165, 1.54) is 186 Å². The monoisotopic (exact) mass is 1130 g/mol. The Morgan fingerprint density at radius 3 is 0.765 bits per heavy atom. The molecular weight excluding hydrogens is 997 g/mol. The molecule has 466 valence electrons. The van der Waals surface area contributed by atoms with Crippen LogP contribution < -0.4 is 0 Å². The molecule has 81 heavy (non-hydrogen) atoms. The predicted molar refractivity (Wildman–Crippen MR) is 353 cm³/mol. The Hall–Kier alpha value is -3.67. The lowest BCUT2D eigenvalue weighted by molar-refractivity contribution is -0.167. The summed E-state index contributed by atoms with van der Waals surface area (Å²) >= 11 is 0. The van der Waals surface area contributed by atoms with E-state index in [0.717, 1.165) is 116 Å². The van der Waals surface area contributed by atoms with Gasteiger partial charge in [0.15, 0.2) is 6.10 Å². The summed E-state index contributed by atoms with van der Waals surface area (Å²) in [5.41, 5.74) is 0. The van der Waals surface area contributed by atoms with Gasteiger partial charge in [0.1, 0.15) is 13.2 Å². The Kier molecular flexibility index (Phi) is 65.7. The number of esters is 3. The lowest BCUT2D eigenvalue weighted by atomic mass is 10.0. The average molecular weight is 1130 g/mol. The number of unbranched alkanes of at least 4 members (excludes halogenated alkanes) is 36. The van der Waals surface area contributed by atoms with Gasteiger partial charge in [-0.15, -0.1) is 0 Å². The molecule has 0 aromatic rings. The molecule has 0 aliphatic carbocycles. The fourth-order valence-corrected chi connectivity index (χ4v) is 9.85. The standard InChI is InChI=1S/C75H130O6/c1-4-7-10-13-16-19-22-25-28-30-31-32-33-34-35-36-37-38-39-40-41-42-43-45-47-50-53-56-59-62-65-68-74(77)80-71-72(70-79-73(76)67-64-61-58-55-52-49-46-27-24-21-18-15-12-9-6-3)81-75(78)69-66-63-60-57-54-51-48-44-29-26-23-20-17-14-11-8-5-2/h8,11,17,20,22,25-27,29-31,33-34,46,48,51,72H,4-7,9-10,12-16,18-19,21,23-24,28,32,35-45,47,49-50,52-71H2,1-3H3/b11-8-,20-17-,25-22-,29-26-,31-30-,34-33-,46-27-,51-48-. The second kappa shape index (κ2) is 68.8. The van der Waals surface area contributed by atoms with Crippen molar-refractivity contribution in [2.45, 2.75) is 348 Å². The van der Waals surface area contributed by atoms with Gasteiger partial charge in [-0.25, -0.2) is 0 Å². The molecule has 0 N–H and O–H groups in total. The van der Waals surface area contributed by atoms with E-state index in [1.807, 2.05) is 0 Å². The Morgan fingerprint density at radius 1 is 0.259 bits per heavy atom. The van der Waals surface area contributed by atoms with Crippen LogP contribution in [0.25, 0.3) is 0 Å². The lowest BCUT2D eigenvalue weighted by Crippen LogP contribution is -2.30. The average Bonchev–Trinajstić information content (AvgIpc) is 3.47. The third kappa shape index (κ3) is 67.0. The molecular formula is C75H130O6. The second-order valence-electron chi connectivity index (χ2n) is 23.1. The Bertz CT molecular complexity index is 1580. The summed E-state index contributed by atoms with van der Waals surface area (Å²) in [5, 5.41) is 0. The highest BCUT2D eigenvalue weighted by Gasteiger charge is 2.19. The molecule has 0 rings (SSSR count). The highest BCUT2D eigenvalue weighted by Crippen LogP contribution is 2.17. The molecule has 0 aromatic carbocycles. The van der Waals surface area contributed by atoms with E-state index in [9.17, 15) is 14.4 Å². The maximum atomic E-state index is 12.9. The summed E-state index contributed by atoms with van der Waals surface area (Å²) in [6.07, 6.45) is 92.9. The smallest absolute Gasteiger partial charge is 0.306 e. The summed E-state index contributed by atoms with van der Waals surface area (Å²) in [4.78, 5) is 38.4. The molecule has 0 saturated carbocycles. The van der Waals surface area contributed by atoms with Gasteiger partial charge in [-0.3, -0.25) is 14.4 Å². The van der Waals surface area contributed by atoms with Gasteiger partial charge >= 0.3 is 17.9 Å². The van der Waals surface area contributed by atoms with Crippen molar-refractivity contribution in [2.24, 2.45) is 0 Å². The third-order valence-electron chi connectivity index (χ3n) is 15.0. The van der Waals surface area contributed by atoms with E-state index in [-0.39, 0.29) is 31.1 Å². The molecule has 0 spiro atoms. The van der Waals surface area contributed by atoms with Gasteiger partial charge in [-0.2, -0.15) is 0 Å². The quantitative estimate of drug-likeness (QED) is 0.0261. The summed E-state index contributed by atoms with van der Waals surface area (Å²) in [7, 11) is 0. The maximum absolute atomic E-state index is 12.9. The van der Waals surface area contributed by atoms with Crippen molar-refractivity contribution in [1.29, 1.82) is 0 Å². The van der Waals surface area contributed by atoms with Gasteiger partial charge in [-0.05, 0) is 122 Å². The molecule has 0 aliphatic heterocycles. The minimum absolute atomic E-state index is 0.0883. The van der Waals surface area contributed by atoms with Crippen LogP contribution in [0.2, 0.25) is 0 Å². The van der Waals surface area contributed by atoms with Crippen LogP contribution >= 0.6 is 0 Å². The van der Waals surface area contributed by atoms with Crippen LogP contribution in [-0.4, -0.2) is 37.2 Å². The van der Waals surface area contributed by atoms with Crippen LogP contribution in [-0.2, 0) is 28.6 Å². The number of carbonyl (C=O) groups excluding carboxylic acids is 3. The van der Waals surface area contributed by atoms with Crippen molar-refractivity contribution >= 4 is 17.9 Å². The van der Waals surface area contributed by atoms with Crippen LogP contribution in [0.3, 0.4) is 0 Å². The lowest BCUT2D eigenvalue weighted by Gasteiger charge is -2.18. The van der Waals surface area contributed by atoms with Crippen molar-refractivity contribution in [3.8, 4) is 0 Å². The molecule has 1 unspecified atom stereocenters. The number of hydrogen-bond donors (Lipinski definition) is 0. The van der Waals surface area contributed by atoms with Crippen molar-refractivity contribution in [3.63, 3.8) is 0 Å². The van der Waals surface area contributed by atoms with Crippen LogP contribution in [0.4, 0.5) is 0 Å². The minimum Gasteiger partial charge on any atom is -0.462 e. The molecule has 0 aromatic heterocycles. The number of ether oxygens (including phenoxy) is 3. The molecule has 0 radical (unpaired) electrons. The van der Waals surface area contributed by atoms with Gasteiger partial charge in [0, 0.05) is 19.3 Å². The summed E-state index contributed by atoms with van der Waals surface area (Å²) in [5.74, 6) is -0.908. The maximum Gasteiger partial charge on any atom is 0.306 e. The molecule has 6 heteroatoms. The second-order valence-corrected chi connectivity index (χ2v) is 23.1. The minimum atomic E-state index is -0.795. The van der Waals surface area contributed by atoms with Crippen LogP contribution in [0.1, 0.15) is 342 Å². The summed E-state index contributed by atoms with van der Waals surface area (Å²) in [6, 6.07) is 0. The molecule has 6 nitrogen and oxygen atoms in total. The summed E-state index contributed by atoms with van der Waals surface area (Å²) < 4.78 is 16.9. The largest absolute Gasteiger partial charge is 0.462 e. The predicted octanol–water partition coefficient (Wildman–Crippen LogP) is 24.0. The van der Waals surface area contributed by atoms with Gasteiger partial charge < -0.3 is 14.2 Å². The molecule has 0 bridgehead atoms. The Morgan fingerprint density at radius 2 is 0.481 bits per heavy atom. The van der Waals surface area contributed by atoms with Gasteiger partial charge in [0.25, 0.3) is 0 Å². The van der Waals surface area contributed by atoms with E-state index in [4.69, 9.17) is 14.2 Å². The normalized spacial score (nSPS) is 12.7. The van der Waals surface area contributed by atoms with E-state index >= 15 is 0 Å². The van der Waals surface area contributed by atoms with Gasteiger partial charge in [0.05, 0.1) is 0 Å². The van der Waals surface area contributed by atoms with E-state index in [1.54, 1.807) is 0 Å². The molecule has 0 aliphatic rings. The van der Waals surface area contributed by atoms with E-state index in [2.05, 4.69) is 118 Å². The first-order valence-electron chi connectivity index (χ1n) is 34.7. The Balaban J connectivity index is 4.26. The first-order chi connectivity index (χ1) is 40.0.